The summed E-state index contributed by atoms with van der Waals surface area (Å²) < 4.78 is 119. The Balaban J connectivity index is -0.00000000561. The Morgan fingerprint density at radius 3 is 0.0972 bits per heavy atom. The molecule has 0 bridgehead atoms. The Labute approximate surface area is 701 Å². The number of rotatable bonds is 0. The van der Waals surface area contributed by atoms with Crippen LogP contribution in [0.4, 0.5) is 51.8 Å². The molecule has 0 N–H and O–H groups in total. The molecule has 0 rings (SSSR count). The number of halogens is 12. The molecular weight excluding hydrogens is 908 g/mol. The van der Waals surface area contributed by atoms with Crippen LogP contribution in [0.3, 0.4) is 0 Å². The van der Waals surface area contributed by atoms with E-state index in [4.69, 9.17) is 121 Å². The van der Waals surface area contributed by atoms with Crippen LogP contribution in [0.25, 0.3) is 0 Å². The van der Waals surface area contributed by atoms with Crippen LogP contribution in [-0.4, -0.2) is 88.7 Å². The largest absolute Gasteiger partial charge is 1.00 e. The number of hydrogen-bond donors (Lipinski definition) is 0. The Morgan fingerprint density at radius 2 is 0.0972 bits per heavy atom. The first-order valence-corrected chi connectivity index (χ1v) is 8.28. The molecule has 0 fully saturated rings. The summed E-state index contributed by atoms with van der Waals surface area (Å²) >= 11 is 0. The zero-order valence-corrected chi connectivity index (χ0v) is 45.3. The van der Waals surface area contributed by atoms with Crippen LogP contribution in [0.5, 0.6) is 0 Å². The van der Waals surface area contributed by atoms with Crippen molar-refractivity contribution in [2.45, 2.75) is 0 Å². The molecule has 0 radical (unpaired) electrons. The summed E-state index contributed by atoms with van der Waals surface area (Å²) in [6, 6.07) is 0. The van der Waals surface area contributed by atoms with Crippen molar-refractivity contribution in [2.24, 2.45) is 0 Å². The van der Waals surface area contributed by atoms with Gasteiger partial charge < -0.3 is 172 Å². The molecule has 0 aromatic carbocycles. The predicted octanol–water partition coefficient (Wildman–Crippen LogP) is -100.0. The molecule has 0 amide bonds. The van der Waals surface area contributed by atoms with Gasteiger partial charge in [0.1, 0.15) is 88.7 Å². The van der Waals surface area contributed by atoms with Crippen LogP contribution in [0.15, 0.2) is 0 Å². The molecule has 0 saturated heterocycles. The second-order valence-corrected chi connectivity index (χ2v) is 3.29. The summed E-state index contributed by atoms with van der Waals surface area (Å²) in [5.41, 5.74) is 0. The van der Waals surface area contributed by atoms with Crippen LogP contribution in [-0.2, 0) is 0 Å². The summed E-state index contributed by atoms with van der Waals surface area (Å²) in [6.07, 6.45) is 0. The molecule has 0 aliphatic rings. The standard InChI is InChI=1S/12BFO2.24Li/c12*2-1(3)4;;;;;;;;;;;;;;;;;;;;;;;;/q12*-2;24*+1. The van der Waals surface area contributed by atoms with Crippen molar-refractivity contribution in [1.82, 2.24) is 0 Å². The first-order chi connectivity index (χ1) is 20.8. The van der Waals surface area contributed by atoms with Gasteiger partial charge in [-0.2, -0.15) is 0 Å². The van der Waals surface area contributed by atoms with Crippen molar-refractivity contribution in [3.8, 4) is 0 Å². The van der Waals surface area contributed by atoms with Crippen LogP contribution in [0.1, 0.15) is 0 Å². The van der Waals surface area contributed by atoms with E-state index in [0.29, 0.717) is 0 Å². The van der Waals surface area contributed by atoms with E-state index in [1.165, 1.54) is 0 Å². The smallest absolute Gasteiger partial charge is 0.867 e. The summed E-state index contributed by atoms with van der Waals surface area (Å²) in [7, 11) is -38.0. The van der Waals surface area contributed by atoms with Crippen molar-refractivity contribution < 1.29 is 625 Å². The van der Waals surface area contributed by atoms with Gasteiger partial charge in [0.25, 0.3) is 0 Å². The van der Waals surface area contributed by atoms with E-state index < -0.39 is 88.7 Å². The Morgan fingerprint density at radius 1 is 0.0972 bits per heavy atom. The Kier molecular flexibility index (Phi) is 834. The molecule has 0 unspecified atom stereocenters. The van der Waals surface area contributed by atoms with E-state index in [9.17, 15) is 51.8 Å². The fraction of sp³-hybridized carbons (Fsp3) is 0. The van der Waals surface area contributed by atoms with Gasteiger partial charge in [-0.1, -0.05) is 0 Å². The molecule has 288 valence electrons. The first kappa shape index (κ1) is 249. The zero-order valence-electron chi connectivity index (χ0n) is 45.3. The van der Waals surface area contributed by atoms with Crippen LogP contribution in [0.2, 0.25) is 0 Å². The van der Waals surface area contributed by atoms with Gasteiger partial charge in [0, 0.05) is 0 Å². The minimum atomic E-state index is -3.17. The second-order valence-electron chi connectivity index (χ2n) is 3.29. The minimum absolute atomic E-state index is 0. The Bertz CT molecular complexity index is 324. The summed E-state index contributed by atoms with van der Waals surface area (Å²) in [6.45, 7) is 0. The van der Waals surface area contributed by atoms with Gasteiger partial charge in [-0.15, -0.1) is 0 Å². The van der Waals surface area contributed by atoms with Crippen LogP contribution in [0, 0.1) is 0 Å². The average molecular weight is 908 g/mol. The van der Waals surface area contributed by atoms with Gasteiger partial charge in [-0.05, 0) is 0 Å². The number of hydrogen-bond acceptors (Lipinski definition) is 24. The summed E-state index contributed by atoms with van der Waals surface area (Å²) in [4.78, 5) is 0. The molecule has 0 atom stereocenters. The van der Waals surface area contributed by atoms with Gasteiger partial charge in [0.05, 0.1) is 0 Å². The maximum atomic E-state index is 9.89. The maximum Gasteiger partial charge on any atom is 1.00 e. The van der Waals surface area contributed by atoms with Gasteiger partial charge in [0.15, 0.2) is 0 Å². The SMILES string of the molecule is [Li+].[Li+].[Li+].[Li+].[Li+].[Li+].[Li+].[Li+].[Li+].[Li+].[Li+].[Li+].[Li+].[Li+].[Li+].[Li+].[Li+].[Li+].[Li+].[Li+].[Li+].[Li+].[Li+].[Li+].[O-]B([O-])F.[O-]B([O-])F.[O-]B([O-])F.[O-]B([O-])F.[O-]B([O-])F.[O-]B([O-])F.[O-]B([O-])F.[O-]B([O-])F.[O-]B([O-])F.[O-]B([O-])F.[O-]B([O-])F.[O-]B([O-])F. The third kappa shape index (κ3) is 3180. The molecule has 24 nitrogen and oxygen atoms in total. The van der Waals surface area contributed by atoms with Crippen molar-refractivity contribution in [2.75, 3.05) is 0 Å². The third-order valence-electron chi connectivity index (χ3n) is 0. The monoisotopic (exact) mass is 912 g/mol. The molecule has 0 saturated carbocycles. The quantitative estimate of drug-likeness (QED) is 0.161. The van der Waals surface area contributed by atoms with Crippen molar-refractivity contribution in [3.63, 3.8) is 0 Å². The van der Waals surface area contributed by atoms with E-state index in [-0.39, 0.29) is 453 Å². The van der Waals surface area contributed by atoms with E-state index in [1.54, 1.807) is 0 Å². The molecule has 0 aromatic heterocycles. The van der Waals surface area contributed by atoms with Crippen LogP contribution >= 0.6 is 0 Å². The Hall–Kier alpha value is 13.3. The van der Waals surface area contributed by atoms with Gasteiger partial charge >= 0.3 is 453 Å². The van der Waals surface area contributed by atoms with Crippen molar-refractivity contribution in [3.05, 3.63) is 0 Å². The first-order valence-electron chi connectivity index (χ1n) is 8.28. The van der Waals surface area contributed by atoms with Crippen molar-refractivity contribution in [1.29, 1.82) is 0 Å². The van der Waals surface area contributed by atoms with Gasteiger partial charge in [0.2, 0.25) is 0 Å². The molecule has 0 aromatic rings. The zero-order chi connectivity index (χ0) is 42.9. The topological polar surface area (TPSA) is 553 Å². The van der Waals surface area contributed by atoms with Gasteiger partial charge in [-0.3, -0.25) is 0 Å². The van der Waals surface area contributed by atoms with Crippen LogP contribution < -0.4 is 573 Å². The average Bonchev–Trinajstić information content (AvgIpc) is 2.61. The molecular formula is B12F12Li24O24. The molecule has 0 aliphatic heterocycles. The summed E-state index contributed by atoms with van der Waals surface area (Å²) in [5.74, 6) is 0. The van der Waals surface area contributed by atoms with E-state index in [0.717, 1.165) is 0 Å². The maximum absolute atomic E-state index is 9.89. The molecule has 72 heavy (non-hydrogen) atoms. The van der Waals surface area contributed by atoms with Crippen molar-refractivity contribution >= 4 is 88.7 Å². The minimum Gasteiger partial charge on any atom is -0.867 e. The second kappa shape index (κ2) is 241. The van der Waals surface area contributed by atoms with E-state index in [1.807, 2.05) is 0 Å². The fourth-order valence-corrected chi connectivity index (χ4v) is 0. The summed E-state index contributed by atoms with van der Waals surface area (Å²) in [5, 5.41) is 199. The molecule has 0 spiro atoms. The molecule has 0 aliphatic carbocycles. The molecule has 0 heterocycles. The van der Waals surface area contributed by atoms with E-state index in [2.05, 4.69) is 0 Å². The third-order valence-corrected chi connectivity index (χ3v) is 0. The normalized spacial score (nSPS) is 4.50. The molecule has 72 heteroatoms. The van der Waals surface area contributed by atoms with E-state index >= 15 is 0 Å². The van der Waals surface area contributed by atoms with Gasteiger partial charge in [-0.25, -0.2) is 0 Å². The predicted molar refractivity (Wildman–Crippen MR) is 82.3 cm³/mol. The fourth-order valence-electron chi connectivity index (χ4n) is 0.